The summed E-state index contributed by atoms with van der Waals surface area (Å²) in [5, 5.41) is 3.40. The normalized spacial score (nSPS) is 22.1. The van der Waals surface area contributed by atoms with Crippen molar-refractivity contribution in [3.8, 4) is 0 Å². The van der Waals surface area contributed by atoms with Crippen LogP contribution in [0.5, 0.6) is 0 Å². The molecule has 1 aliphatic carbocycles. The minimum atomic E-state index is -0.0149. The van der Waals surface area contributed by atoms with Crippen molar-refractivity contribution in [2.45, 2.75) is 63.5 Å². The molecule has 1 N–H and O–H groups in total. The summed E-state index contributed by atoms with van der Waals surface area (Å²) in [6.07, 6.45) is 8.64. The Labute approximate surface area is 106 Å². The molecule has 1 saturated carbocycles. The highest BCUT2D eigenvalue weighted by atomic mass is 16.5. The first-order chi connectivity index (χ1) is 8.29. The van der Waals surface area contributed by atoms with Gasteiger partial charge in [0.1, 0.15) is 0 Å². The standard InChI is InChI=1S/C14H29NO2/c1-4-11-17-12-13(15-2)14(16-3)9-7-5-6-8-10-14/h13,15H,4-12H2,1-3H3. The molecule has 3 heteroatoms. The Morgan fingerprint density at radius 2 is 1.82 bits per heavy atom. The largest absolute Gasteiger partial charge is 0.380 e. The molecule has 3 nitrogen and oxygen atoms in total. The summed E-state index contributed by atoms with van der Waals surface area (Å²) in [5.74, 6) is 0. The van der Waals surface area contributed by atoms with Gasteiger partial charge in [-0.2, -0.15) is 0 Å². The van der Waals surface area contributed by atoms with Crippen LogP contribution in [0.2, 0.25) is 0 Å². The summed E-state index contributed by atoms with van der Waals surface area (Å²) in [7, 11) is 3.88. The van der Waals surface area contributed by atoms with Crippen molar-refractivity contribution < 1.29 is 9.47 Å². The minimum Gasteiger partial charge on any atom is -0.380 e. The lowest BCUT2D eigenvalue weighted by atomic mass is 9.86. The lowest BCUT2D eigenvalue weighted by Crippen LogP contribution is -2.53. The van der Waals surface area contributed by atoms with E-state index in [1.807, 2.05) is 14.2 Å². The average Bonchev–Trinajstić information content (AvgIpc) is 2.61. The predicted molar refractivity (Wildman–Crippen MR) is 71.4 cm³/mol. The van der Waals surface area contributed by atoms with Crippen LogP contribution in [0.4, 0.5) is 0 Å². The molecule has 1 aliphatic rings. The fourth-order valence-corrected chi connectivity index (χ4v) is 2.87. The summed E-state index contributed by atoms with van der Waals surface area (Å²) in [6, 6.07) is 0.317. The Morgan fingerprint density at radius 1 is 1.18 bits per heavy atom. The SMILES string of the molecule is CCCOCC(NC)C1(OC)CCCCCC1. The van der Waals surface area contributed by atoms with E-state index in [1.54, 1.807) is 0 Å². The molecule has 1 fully saturated rings. The summed E-state index contributed by atoms with van der Waals surface area (Å²) < 4.78 is 11.6. The van der Waals surface area contributed by atoms with Crippen LogP contribution in [-0.2, 0) is 9.47 Å². The van der Waals surface area contributed by atoms with E-state index in [-0.39, 0.29) is 5.60 Å². The van der Waals surface area contributed by atoms with Crippen molar-refractivity contribution in [1.29, 1.82) is 0 Å². The topological polar surface area (TPSA) is 30.5 Å². The van der Waals surface area contributed by atoms with Crippen molar-refractivity contribution in [1.82, 2.24) is 5.32 Å². The van der Waals surface area contributed by atoms with Crippen LogP contribution in [0.3, 0.4) is 0 Å². The molecule has 0 aliphatic heterocycles. The Kier molecular flexibility index (Phi) is 7.09. The number of nitrogens with one attached hydrogen (secondary N) is 1. The second kappa shape index (κ2) is 8.06. The highest BCUT2D eigenvalue weighted by molar-refractivity contribution is 4.93. The van der Waals surface area contributed by atoms with Gasteiger partial charge in [0.25, 0.3) is 0 Å². The first kappa shape index (κ1) is 14.9. The highest BCUT2D eigenvalue weighted by Crippen LogP contribution is 2.33. The van der Waals surface area contributed by atoms with E-state index in [0.29, 0.717) is 6.04 Å². The van der Waals surface area contributed by atoms with E-state index in [2.05, 4.69) is 12.2 Å². The maximum Gasteiger partial charge on any atom is 0.0853 e. The number of hydrogen-bond acceptors (Lipinski definition) is 3. The molecule has 1 unspecified atom stereocenters. The molecule has 0 saturated heterocycles. The molecule has 102 valence electrons. The van der Waals surface area contributed by atoms with E-state index < -0.39 is 0 Å². The quantitative estimate of drug-likeness (QED) is 0.551. The lowest BCUT2D eigenvalue weighted by Gasteiger charge is -2.39. The minimum absolute atomic E-state index is 0.0149. The van der Waals surface area contributed by atoms with Gasteiger partial charge in [-0.15, -0.1) is 0 Å². The van der Waals surface area contributed by atoms with Gasteiger partial charge in [-0.25, -0.2) is 0 Å². The van der Waals surface area contributed by atoms with Crippen LogP contribution in [-0.4, -0.2) is 39.0 Å². The van der Waals surface area contributed by atoms with Crippen LogP contribution in [0.25, 0.3) is 0 Å². The number of rotatable bonds is 7. The average molecular weight is 243 g/mol. The van der Waals surface area contributed by atoms with E-state index in [9.17, 15) is 0 Å². The third kappa shape index (κ3) is 4.23. The van der Waals surface area contributed by atoms with E-state index in [0.717, 1.165) is 32.5 Å². The zero-order chi connectivity index (χ0) is 12.6. The van der Waals surface area contributed by atoms with Crippen molar-refractivity contribution in [2.24, 2.45) is 0 Å². The van der Waals surface area contributed by atoms with Gasteiger partial charge in [0.15, 0.2) is 0 Å². The van der Waals surface area contributed by atoms with E-state index in [1.165, 1.54) is 25.7 Å². The van der Waals surface area contributed by atoms with Crippen molar-refractivity contribution in [3.05, 3.63) is 0 Å². The lowest BCUT2D eigenvalue weighted by molar-refractivity contribution is -0.0721. The van der Waals surface area contributed by atoms with Crippen LogP contribution in [0.15, 0.2) is 0 Å². The maximum atomic E-state index is 5.90. The second-order valence-electron chi connectivity index (χ2n) is 5.10. The number of likely N-dealkylation sites (N-methyl/N-ethyl adjacent to an activating group) is 1. The number of ether oxygens (including phenoxy) is 2. The van der Waals surface area contributed by atoms with Crippen molar-refractivity contribution in [2.75, 3.05) is 27.4 Å². The van der Waals surface area contributed by atoms with Crippen LogP contribution < -0.4 is 5.32 Å². The molecule has 0 bridgehead atoms. The van der Waals surface area contributed by atoms with Gasteiger partial charge in [0.05, 0.1) is 18.2 Å². The smallest absolute Gasteiger partial charge is 0.0853 e. The summed E-state index contributed by atoms with van der Waals surface area (Å²) in [5.41, 5.74) is -0.0149. The molecular formula is C14H29NO2. The number of methoxy groups -OCH3 is 1. The first-order valence-corrected chi connectivity index (χ1v) is 7.09. The molecule has 0 heterocycles. The van der Waals surface area contributed by atoms with Crippen LogP contribution in [0.1, 0.15) is 51.9 Å². The highest BCUT2D eigenvalue weighted by Gasteiger charge is 2.38. The molecule has 0 spiro atoms. The van der Waals surface area contributed by atoms with Crippen LogP contribution in [0, 0.1) is 0 Å². The van der Waals surface area contributed by atoms with Gasteiger partial charge < -0.3 is 14.8 Å². The molecule has 0 aromatic rings. The molecule has 17 heavy (non-hydrogen) atoms. The monoisotopic (exact) mass is 243 g/mol. The molecule has 0 amide bonds. The number of hydrogen-bond donors (Lipinski definition) is 1. The Balaban J connectivity index is 2.58. The van der Waals surface area contributed by atoms with Gasteiger partial charge in [0.2, 0.25) is 0 Å². The fraction of sp³-hybridized carbons (Fsp3) is 1.00. The maximum absolute atomic E-state index is 5.90. The van der Waals surface area contributed by atoms with Gasteiger partial charge in [0, 0.05) is 13.7 Å². The van der Waals surface area contributed by atoms with Crippen molar-refractivity contribution in [3.63, 3.8) is 0 Å². The molecule has 1 rings (SSSR count). The van der Waals surface area contributed by atoms with Gasteiger partial charge >= 0.3 is 0 Å². The molecule has 1 atom stereocenters. The molecule has 0 aromatic heterocycles. The molecular weight excluding hydrogens is 214 g/mol. The van der Waals surface area contributed by atoms with Gasteiger partial charge in [-0.3, -0.25) is 0 Å². The summed E-state index contributed by atoms with van der Waals surface area (Å²) >= 11 is 0. The summed E-state index contributed by atoms with van der Waals surface area (Å²) in [4.78, 5) is 0. The third-order valence-corrected chi connectivity index (χ3v) is 3.97. The van der Waals surface area contributed by atoms with Gasteiger partial charge in [-0.1, -0.05) is 32.6 Å². The van der Waals surface area contributed by atoms with E-state index >= 15 is 0 Å². The summed E-state index contributed by atoms with van der Waals surface area (Å²) in [6.45, 7) is 3.75. The Bertz CT molecular complexity index is 189. The molecule has 0 aromatic carbocycles. The molecule has 0 radical (unpaired) electrons. The zero-order valence-electron chi connectivity index (χ0n) is 11.8. The predicted octanol–water partition coefficient (Wildman–Crippen LogP) is 2.74. The second-order valence-corrected chi connectivity index (χ2v) is 5.10. The Morgan fingerprint density at radius 3 is 2.29 bits per heavy atom. The van der Waals surface area contributed by atoms with Gasteiger partial charge in [-0.05, 0) is 26.3 Å². The Hall–Kier alpha value is -0.120. The van der Waals surface area contributed by atoms with E-state index in [4.69, 9.17) is 9.47 Å². The fourth-order valence-electron chi connectivity index (χ4n) is 2.87. The third-order valence-electron chi connectivity index (χ3n) is 3.97. The first-order valence-electron chi connectivity index (χ1n) is 7.09. The zero-order valence-corrected chi connectivity index (χ0v) is 11.8. The van der Waals surface area contributed by atoms with Crippen molar-refractivity contribution >= 4 is 0 Å². The van der Waals surface area contributed by atoms with Crippen LogP contribution >= 0.6 is 0 Å².